The number of aromatic amines is 1. The van der Waals surface area contributed by atoms with Crippen LogP contribution in [0.3, 0.4) is 0 Å². The van der Waals surface area contributed by atoms with Gasteiger partial charge in [0.1, 0.15) is 53.5 Å². The Hall–Kier alpha value is -7.63. The number of aryl methyl sites for hydroxylation is 2. The summed E-state index contributed by atoms with van der Waals surface area (Å²) >= 11 is 3.21. The molecule has 8 rings (SSSR count). The number of methoxy groups -OCH3 is 1. The molecule has 28 heteroatoms. The molecular formula is C66H91FN14O11S2. The van der Waals surface area contributed by atoms with Gasteiger partial charge in [-0.2, -0.15) is 23.5 Å². The number of nitrogens with two attached hydrogens (primary N) is 1. The molecule has 2 aromatic heterocycles. The molecule has 0 saturated carbocycles. The molecule has 5 aromatic rings. The van der Waals surface area contributed by atoms with Crippen molar-refractivity contribution in [3.05, 3.63) is 113 Å². The Morgan fingerprint density at radius 2 is 1.49 bits per heavy atom. The number of nitrogens with one attached hydrogen (secondary N) is 9. The topological polar surface area (TPSA) is 358 Å². The minimum atomic E-state index is -1.72. The van der Waals surface area contributed by atoms with Crippen molar-refractivity contribution in [2.75, 3.05) is 38.2 Å². The first kappa shape index (κ1) is 72.2. The highest BCUT2D eigenvalue weighted by Gasteiger charge is 2.48. The Morgan fingerprint density at radius 3 is 2.22 bits per heavy atom. The van der Waals surface area contributed by atoms with Crippen LogP contribution in [-0.4, -0.2) is 181 Å². The van der Waals surface area contributed by atoms with Crippen LogP contribution in [-0.2, 0) is 75.7 Å². The van der Waals surface area contributed by atoms with E-state index in [9.17, 15) is 43.4 Å². The van der Waals surface area contributed by atoms with Gasteiger partial charge in [0.15, 0.2) is 0 Å². The van der Waals surface area contributed by atoms with Crippen LogP contribution < -0.4 is 53.0 Å². The van der Waals surface area contributed by atoms with Gasteiger partial charge in [-0.15, -0.1) is 5.10 Å². The minimum Gasteiger partial charge on any atom is -0.497 e. The number of unbranched alkanes of at least 4 members (excludes halogenated alkanes) is 1. The van der Waals surface area contributed by atoms with Crippen LogP contribution in [0.15, 0.2) is 79.1 Å². The van der Waals surface area contributed by atoms with Crippen molar-refractivity contribution in [3.63, 3.8) is 0 Å². The molecule has 3 aliphatic heterocycles. The Morgan fingerprint density at radius 1 is 0.777 bits per heavy atom. The maximum absolute atomic E-state index is 15.1. The van der Waals surface area contributed by atoms with Crippen molar-refractivity contribution >= 4 is 81.7 Å². The molecule has 510 valence electrons. The van der Waals surface area contributed by atoms with Gasteiger partial charge in [-0.05, 0) is 144 Å². The van der Waals surface area contributed by atoms with Crippen molar-refractivity contribution in [1.29, 1.82) is 0 Å². The van der Waals surface area contributed by atoms with Gasteiger partial charge in [-0.3, -0.25) is 48.4 Å². The third-order valence-corrected chi connectivity index (χ3v) is 19.5. The number of fused-ring (bicyclic) bond motifs is 12. The number of hydrogen-bond acceptors (Lipinski definition) is 17. The van der Waals surface area contributed by atoms with E-state index in [1.165, 1.54) is 44.1 Å². The summed E-state index contributed by atoms with van der Waals surface area (Å²) in [5.74, 6) is -3.08. The summed E-state index contributed by atoms with van der Waals surface area (Å²) in [4.78, 5) is 121. The van der Waals surface area contributed by atoms with E-state index in [2.05, 4.69) is 63.9 Å². The predicted molar refractivity (Wildman–Crippen MR) is 356 cm³/mol. The molecule has 5 heterocycles. The molecule has 10 atom stereocenters. The van der Waals surface area contributed by atoms with Crippen molar-refractivity contribution in [3.8, 4) is 5.75 Å². The Bertz CT molecular complexity index is 3390. The van der Waals surface area contributed by atoms with Crippen LogP contribution in [0, 0.1) is 5.82 Å². The second kappa shape index (κ2) is 35.2. The summed E-state index contributed by atoms with van der Waals surface area (Å²) < 4.78 is 21.9. The van der Waals surface area contributed by atoms with Gasteiger partial charge >= 0.3 is 0 Å². The number of rotatable bonds is 10. The smallest absolute Gasteiger partial charge is 0.246 e. The Kier molecular flexibility index (Phi) is 27.0. The molecule has 0 radical (unpaired) electrons. The molecule has 94 heavy (non-hydrogen) atoms. The molecule has 1 saturated heterocycles. The van der Waals surface area contributed by atoms with Crippen molar-refractivity contribution < 1.29 is 57.7 Å². The molecule has 2 unspecified atom stereocenters. The molecule has 6 bridgehead atoms. The lowest BCUT2D eigenvalue weighted by Gasteiger charge is -2.37. The number of ether oxygens (including phenoxy) is 1. The number of aliphatic hydroxyl groups excluding tert-OH is 2. The van der Waals surface area contributed by atoms with Crippen LogP contribution >= 0.6 is 23.5 Å². The van der Waals surface area contributed by atoms with Crippen molar-refractivity contribution in [2.24, 2.45) is 5.73 Å². The molecule has 25 nitrogen and oxygen atoms in total. The minimum absolute atomic E-state index is 0.0592. The van der Waals surface area contributed by atoms with Crippen molar-refractivity contribution in [2.45, 2.75) is 189 Å². The normalized spacial score (nSPS) is 25.9. The van der Waals surface area contributed by atoms with E-state index >= 15 is 9.59 Å². The zero-order valence-electron chi connectivity index (χ0n) is 53.9. The number of aromatic nitrogens is 4. The Labute approximate surface area is 555 Å². The number of thioether (sulfide) groups is 2. The SMILES string of the molecule is COc1ccc(C[C@@H]2NC(=O)[C@H]([C@H](C)O)NC(=O)[C@@H]3CCCc4cn(nn4)CCCC[C@H](NC(=O)[C@@H](C)NC(O)[C@H](CCCCN)NC(=O)CCSCc4cccc(c4)CSCCNC(=O)[C@]4(C)CCCN4C2=O)C(=O)NC(Cc2c[nH]c4ccc(F)cc24)C(=O)N3)cc1. The number of amides is 8. The van der Waals surface area contributed by atoms with E-state index in [0.717, 1.165) is 11.1 Å². The standard InChI is InChI=1S/C66H91FN14O11S2/c1-40-58(84)73-52-16-6-8-28-80-37-47(78-79-80)14-10-17-53(74-62(88)54(75-60(52)86)34-45-36-70-50-23-20-46(67)35-49(45)50)61(87)77-57(41(2)82)63(89)76-55(33-42-18-21-48(92-4)22-19-42)64(90)81-29-11-25-66(81,3)65(91)69-27-31-94-39-44-13-9-12-43(32-44)38-93-30-24-56(83)72-51(59(85)71-40)15-5-7-26-68/h9,12-13,18-23,32,35-37,40-41,51-55,57,59,70-71,82,85H,5-8,10-11,14-17,24-31,33-34,38-39,68H2,1-4H3,(H,69,91)(H,72,83)(H,73,84)(H,74,88)(H,75,86)(H,76,89)(H,77,87)/t40-,41+,51+,52+,53+,54?,55+,57+,59?,66+/m1/s1. The highest BCUT2D eigenvalue weighted by Crippen LogP contribution is 2.31. The summed E-state index contributed by atoms with van der Waals surface area (Å²) in [5, 5.41) is 54.9. The van der Waals surface area contributed by atoms with Gasteiger partial charge in [0.05, 0.1) is 31.0 Å². The van der Waals surface area contributed by atoms with Crippen LogP contribution in [0.2, 0.25) is 0 Å². The predicted octanol–water partition coefficient (Wildman–Crippen LogP) is 2.68. The molecule has 0 aliphatic carbocycles. The third-order valence-electron chi connectivity index (χ3n) is 17.4. The molecular weight excluding hydrogens is 1250 g/mol. The molecule has 13 N–H and O–H groups in total. The molecule has 0 spiro atoms. The second-order valence-corrected chi connectivity index (χ2v) is 26.9. The lowest BCUT2D eigenvalue weighted by atomic mass is 9.95. The first-order valence-corrected chi connectivity index (χ1v) is 34.8. The number of aliphatic hydroxyl groups is 2. The van der Waals surface area contributed by atoms with Crippen LogP contribution in [0.4, 0.5) is 4.39 Å². The van der Waals surface area contributed by atoms with Gasteiger partial charge in [0, 0.05) is 85.2 Å². The average molecular weight is 1340 g/mol. The number of carbonyl (C=O) groups is 8. The average Bonchev–Trinajstić information content (AvgIpc) is 1.60. The van der Waals surface area contributed by atoms with E-state index in [4.69, 9.17) is 10.5 Å². The summed E-state index contributed by atoms with van der Waals surface area (Å²) in [5.41, 5.74) is 8.82. The van der Waals surface area contributed by atoms with Gasteiger partial charge in [0.2, 0.25) is 47.3 Å². The third kappa shape index (κ3) is 20.4. The summed E-state index contributed by atoms with van der Waals surface area (Å²) in [6, 6.07) is 9.89. The maximum atomic E-state index is 15.1. The highest BCUT2D eigenvalue weighted by atomic mass is 32.2. The molecule has 3 aliphatic rings. The van der Waals surface area contributed by atoms with E-state index < -0.39 is 101 Å². The van der Waals surface area contributed by atoms with Gasteiger partial charge in [0.25, 0.3) is 0 Å². The number of nitrogens with zero attached hydrogens (tertiary/aromatic N) is 4. The fourth-order valence-electron chi connectivity index (χ4n) is 12.0. The fraction of sp³-hybridized carbons (Fsp3) is 0.545. The number of H-pyrrole nitrogens is 1. The maximum Gasteiger partial charge on any atom is 0.246 e. The number of benzene rings is 3. The second-order valence-electron chi connectivity index (χ2n) is 24.7. The number of halogens is 1. The van der Waals surface area contributed by atoms with E-state index in [1.54, 1.807) is 71.8 Å². The van der Waals surface area contributed by atoms with Gasteiger partial charge < -0.3 is 67.8 Å². The number of carbonyl (C=O) groups excluding carboxylic acids is 8. The lowest BCUT2D eigenvalue weighted by molar-refractivity contribution is -0.147. The van der Waals surface area contributed by atoms with Crippen LogP contribution in [0.25, 0.3) is 10.9 Å². The Balaban J connectivity index is 1.12. The number of hydrogen-bond donors (Lipinski definition) is 12. The van der Waals surface area contributed by atoms with Crippen LogP contribution in [0.5, 0.6) is 5.75 Å². The van der Waals surface area contributed by atoms with Crippen LogP contribution in [0.1, 0.15) is 119 Å². The van der Waals surface area contributed by atoms with Gasteiger partial charge in [-0.25, -0.2) is 4.39 Å². The van der Waals surface area contributed by atoms with Gasteiger partial charge in [-0.1, -0.05) is 48.0 Å². The van der Waals surface area contributed by atoms with E-state index in [0.29, 0.717) is 127 Å². The first-order valence-electron chi connectivity index (χ1n) is 32.5. The quantitative estimate of drug-likeness (QED) is 0.0894. The molecule has 1 fully saturated rings. The summed E-state index contributed by atoms with van der Waals surface area (Å²) in [7, 11) is 1.51. The fourth-order valence-corrected chi connectivity index (χ4v) is 13.7. The van der Waals surface area contributed by atoms with Crippen molar-refractivity contribution in [1.82, 2.24) is 67.4 Å². The molecule has 3 aromatic carbocycles. The largest absolute Gasteiger partial charge is 0.497 e. The zero-order valence-corrected chi connectivity index (χ0v) is 55.5. The van der Waals surface area contributed by atoms with E-state index in [-0.39, 0.29) is 56.9 Å². The monoisotopic (exact) mass is 1340 g/mol. The first-order chi connectivity index (χ1) is 45.2. The molecule has 8 amide bonds. The highest BCUT2D eigenvalue weighted by molar-refractivity contribution is 7.98. The lowest BCUT2D eigenvalue weighted by Crippen LogP contribution is -2.63. The summed E-state index contributed by atoms with van der Waals surface area (Å²) in [6.07, 6.45) is 3.93. The zero-order chi connectivity index (χ0) is 67.3. The van der Waals surface area contributed by atoms with E-state index in [1.807, 2.05) is 18.2 Å². The summed E-state index contributed by atoms with van der Waals surface area (Å²) in [6.45, 7) is 5.77.